The van der Waals surface area contributed by atoms with Crippen molar-refractivity contribution in [2.24, 2.45) is 0 Å². The summed E-state index contributed by atoms with van der Waals surface area (Å²) in [6.07, 6.45) is -1.92. The Bertz CT molecular complexity index is 1250. The van der Waals surface area contributed by atoms with Gasteiger partial charge >= 0.3 is 0 Å². The molecule has 37 heavy (non-hydrogen) atoms. The molecule has 0 aliphatic carbocycles. The molecule has 0 radical (unpaired) electrons. The fraction of sp³-hybridized carbons (Fsp3) is 0.400. The number of fused-ring (bicyclic) bond motifs is 2. The van der Waals surface area contributed by atoms with E-state index in [0.29, 0.717) is 26.3 Å². The number of alkyl halides is 2. The Labute approximate surface area is 210 Å². The summed E-state index contributed by atoms with van der Waals surface area (Å²) in [4.78, 5) is 34.9. The monoisotopic (exact) mass is 520 g/mol. The van der Waals surface area contributed by atoms with Crippen LogP contribution in [0.25, 0.3) is 11.3 Å². The molecule has 2 fully saturated rings. The van der Waals surface area contributed by atoms with Gasteiger partial charge in [0.2, 0.25) is 5.91 Å². The van der Waals surface area contributed by atoms with Crippen LogP contribution in [0.15, 0.2) is 30.9 Å². The molecule has 4 heterocycles. The Kier molecular flexibility index (Phi) is 6.76. The zero-order chi connectivity index (χ0) is 26.3. The van der Waals surface area contributed by atoms with E-state index in [4.69, 9.17) is 9.47 Å². The first-order valence-corrected chi connectivity index (χ1v) is 11.8. The van der Waals surface area contributed by atoms with E-state index in [1.165, 1.54) is 15.9 Å². The minimum absolute atomic E-state index is 0.00779. The number of nitrogens with zero attached hydrogens (tertiary/aromatic N) is 4. The second-order valence-corrected chi connectivity index (χ2v) is 8.86. The summed E-state index contributed by atoms with van der Waals surface area (Å²) in [7, 11) is 0. The summed E-state index contributed by atoms with van der Waals surface area (Å²) < 4.78 is 69.7. The number of ether oxygens (including phenoxy) is 2. The molecule has 3 aliphatic heterocycles. The van der Waals surface area contributed by atoms with Gasteiger partial charge < -0.3 is 24.2 Å². The molecule has 8 nitrogen and oxygen atoms in total. The van der Waals surface area contributed by atoms with Crippen LogP contribution in [0.3, 0.4) is 0 Å². The number of rotatable bonds is 4. The van der Waals surface area contributed by atoms with E-state index in [1.807, 2.05) is 0 Å². The van der Waals surface area contributed by atoms with Crippen molar-refractivity contribution in [3.8, 4) is 17.0 Å². The molecule has 196 valence electrons. The van der Waals surface area contributed by atoms with Crippen molar-refractivity contribution in [3.05, 3.63) is 53.6 Å². The quantitative estimate of drug-likeness (QED) is 0.456. The van der Waals surface area contributed by atoms with Crippen molar-refractivity contribution in [1.82, 2.24) is 14.8 Å². The maximum atomic E-state index is 16.0. The van der Waals surface area contributed by atoms with Crippen molar-refractivity contribution < 1.29 is 36.6 Å². The maximum absolute atomic E-state index is 16.0. The minimum atomic E-state index is -3.09. The third-order valence-electron chi connectivity index (χ3n) is 6.77. The Hall–Kier alpha value is -3.67. The number of hydrogen-bond acceptors (Lipinski definition) is 6. The largest absolute Gasteiger partial charge is 0.487 e. The van der Waals surface area contributed by atoms with Gasteiger partial charge in [-0.2, -0.15) is 0 Å². The number of aromatic nitrogens is 1. The highest BCUT2D eigenvalue weighted by molar-refractivity contribution is 6.03. The number of halogens is 4. The number of carbonyl (C=O) groups excluding carboxylic acids is 2. The molecule has 1 aromatic heterocycles. The minimum Gasteiger partial charge on any atom is -0.487 e. The molecule has 0 bridgehead atoms. The molecule has 2 saturated heterocycles. The highest BCUT2D eigenvalue weighted by atomic mass is 19.3. The van der Waals surface area contributed by atoms with E-state index in [2.05, 4.69) is 11.6 Å². The normalized spacial score (nSPS) is 19.8. The van der Waals surface area contributed by atoms with E-state index >= 15 is 4.39 Å². The van der Waals surface area contributed by atoms with Crippen molar-refractivity contribution in [1.29, 1.82) is 0 Å². The summed E-state index contributed by atoms with van der Waals surface area (Å²) in [5.74, 6) is -3.62. The molecule has 1 aromatic carbocycles. The van der Waals surface area contributed by atoms with Crippen LogP contribution in [0.2, 0.25) is 0 Å². The number of amides is 2. The standard InChI is InChI=1S/C25H24F4N4O4/c1-2-17(34)32-6-7-33-14(12-32)13-37-22-19(25(33)35)24(31-8-10-36-11-9-31)30-21(20(22)27)18-15(23(28)29)4-3-5-16(18)26/h2-5,14,23H,1,6-13H2/t14-/m1/s1. The highest BCUT2D eigenvalue weighted by Gasteiger charge is 2.41. The highest BCUT2D eigenvalue weighted by Crippen LogP contribution is 2.42. The lowest BCUT2D eigenvalue weighted by atomic mass is 10.0. The number of benzene rings is 1. The van der Waals surface area contributed by atoms with E-state index in [1.54, 1.807) is 4.90 Å². The second kappa shape index (κ2) is 10.0. The van der Waals surface area contributed by atoms with Crippen molar-refractivity contribution >= 4 is 17.6 Å². The fourth-order valence-corrected chi connectivity index (χ4v) is 4.92. The smallest absolute Gasteiger partial charge is 0.264 e. The Morgan fingerprint density at radius 3 is 2.59 bits per heavy atom. The van der Waals surface area contributed by atoms with Gasteiger partial charge in [-0.25, -0.2) is 22.5 Å². The predicted molar refractivity (Wildman–Crippen MR) is 125 cm³/mol. The summed E-state index contributed by atoms with van der Waals surface area (Å²) in [6.45, 7) is 5.06. The van der Waals surface area contributed by atoms with E-state index in [0.717, 1.165) is 18.2 Å². The molecule has 0 saturated carbocycles. The topological polar surface area (TPSA) is 75.2 Å². The molecule has 0 spiro atoms. The van der Waals surface area contributed by atoms with Crippen molar-refractivity contribution in [3.63, 3.8) is 0 Å². The van der Waals surface area contributed by atoms with Gasteiger partial charge in [-0.05, 0) is 12.1 Å². The van der Waals surface area contributed by atoms with E-state index < -0.39 is 52.6 Å². The Balaban J connectivity index is 1.67. The lowest BCUT2D eigenvalue weighted by Crippen LogP contribution is -2.57. The van der Waals surface area contributed by atoms with Crippen LogP contribution in [0, 0.1) is 11.6 Å². The van der Waals surface area contributed by atoms with Gasteiger partial charge in [-0.1, -0.05) is 18.7 Å². The first kappa shape index (κ1) is 25.0. The molecule has 5 rings (SSSR count). The first-order valence-electron chi connectivity index (χ1n) is 11.8. The fourth-order valence-electron chi connectivity index (χ4n) is 4.92. The van der Waals surface area contributed by atoms with E-state index in [9.17, 15) is 22.8 Å². The molecule has 3 aliphatic rings. The van der Waals surface area contributed by atoms with Crippen LogP contribution in [-0.4, -0.2) is 85.2 Å². The van der Waals surface area contributed by atoms with Crippen LogP contribution in [0.5, 0.6) is 5.75 Å². The molecule has 0 unspecified atom stereocenters. The molecule has 12 heteroatoms. The third kappa shape index (κ3) is 4.39. The number of anilines is 1. The van der Waals surface area contributed by atoms with Gasteiger partial charge in [-0.3, -0.25) is 9.59 Å². The van der Waals surface area contributed by atoms with Crippen LogP contribution >= 0.6 is 0 Å². The number of piperazine rings is 1. The van der Waals surface area contributed by atoms with Crippen LogP contribution in [-0.2, 0) is 9.53 Å². The number of carbonyl (C=O) groups is 2. The zero-order valence-electron chi connectivity index (χ0n) is 19.8. The zero-order valence-corrected chi connectivity index (χ0v) is 19.8. The van der Waals surface area contributed by atoms with Gasteiger partial charge in [0.1, 0.15) is 29.5 Å². The summed E-state index contributed by atoms with van der Waals surface area (Å²) in [5, 5.41) is 0. The number of pyridine rings is 1. The molecular formula is C25H24F4N4O4. The summed E-state index contributed by atoms with van der Waals surface area (Å²) in [6, 6.07) is 2.46. The molecule has 2 amide bonds. The van der Waals surface area contributed by atoms with Crippen LogP contribution < -0.4 is 9.64 Å². The van der Waals surface area contributed by atoms with Crippen LogP contribution in [0.4, 0.5) is 23.4 Å². The van der Waals surface area contributed by atoms with Gasteiger partial charge in [0.05, 0.1) is 19.3 Å². The van der Waals surface area contributed by atoms with Crippen molar-refractivity contribution in [2.75, 3.05) is 57.4 Å². The maximum Gasteiger partial charge on any atom is 0.264 e. The Morgan fingerprint density at radius 2 is 1.89 bits per heavy atom. The molecule has 1 atom stereocenters. The second-order valence-electron chi connectivity index (χ2n) is 8.86. The third-order valence-corrected chi connectivity index (χ3v) is 6.77. The number of morpholine rings is 1. The first-order chi connectivity index (χ1) is 17.8. The van der Waals surface area contributed by atoms with Crippen LogP contribution in [0.1, 0.15) is 22.3 Å². The lowest BCUT2D eigenvalue weighted by molar-refractivity contribution is -0.128. The number of hydrogen-bond donors (Lipinski definition) is 0. The molecule has 0 N–H and O–H groups in total. The SMILES string of the molecule is C=CC(=O)N1CCN2C(=O)c3c(N4CCOCC4)nc(-c4c(F)cccc4C(F)F)c(F)c3OC[C@H]2C1. The van der Waals surface area contributed by atoms with E-state index in [-0.39, 0.29) is 43.5 Å². The lowest BCUT2D eigenvalue weighted by Gasteiger charge is -2.39. The van der Waals surface area contributed by atoms with Gasteiger partial charge in [0, 0.05) is 43.9 Å². The van der Waals surface area contributed by atoms with Crippen molar-refractivity contribution in [2.45, 2.75) is 12.5 Å². The van der Waals surface area contributed by atoms with Gasteiger partial charge in [0.15, 0.2) is 11.6 Å². The average Bonchev–Trinajstić information content (AvgIpc) is 3.05. The predicted octanol–water partition coefficient (Wildman–Crippen LogP) is 3.03. The van der Waals surface area contributed by atoms with Gasteiger partial charge in [0.25, 0.3) is 12.3 Å². The Morgan fingerprint density at radius 1 is 1.14 bits per heavy atom. The average molecular weight is 520 g/mol. The molecular weight excluding hydrogens is 496 g/mol. The summed E-state index contributed by atoms with van der Waals surface area (Å²) >= 11 is 0. The molecule has 2 aromatic rings. The van der Waals surface area contributed by atoms with Gasteiger partial charge in [-0.15, -0.1) is 0 Å². The summed E-state index contributed by atoms with van der Waals surface area (Å²) in [5.41, 5.74) is -2.24.